The van der Waals surface area contributed by atoms with Gasteiger partial charge in [-0.1, -0.05) is 18.2 Å². The number of thiophene rings is 1. The van der Waals surface area contributed by atoms with Crippen molar-refractivity contribution in [3.8, 4) is 5.75 Å². The molecule has 0 aliphatic carbocycles. The zero-order chi connectivity index (χ0) is 23.0. The van der Waals surface area contributed by atoms with Gasteiger partial charge in [0, 0.05) is 61.9 Å². The first kappa shape index (κ1) is 23.3. The number of carbonyl (C=O) groups excluding carboxylic acids is 1. The van der Waals surface area contributed by atoms with Crippen LogP contribution in [0.4, 0.5) is 0 Å². The van der Waals surface area contributed by atoms with Gasteiger partial charge in [0.25, 0.3) is 0 Å². The Morgan fingerprint density at radius 3 is 2.94 bits per heavy atom. The third-order valence-corrected chi connectivity index (χ3v) is 6.65. The van der Waals surface area contributed by atoms with E-state index in [1.807, 2.05) is 58.7 Å². The third kappa shape index (κ3) is 7.04. The molecule has 174 valence electrons. The number of hydrogen-bond donors (Lipinski definition) is 0. The van der Waals surface area contributed by atoms with Gasteiger partial charge in [0.05, 0.1) is 12.8 Å². The number of amides is 1. The maximum absolute atomic E-state index is 12.6. The number of piperidine rings is 1. The van der Waals surface area contributed by atoms with Gasteiger partial charge in [-0.25, -0.2) is 0 Å². The number of nitrogens with zero attached hydrogens (tertiary/aromatic N) is 4. The Balaban J connectivity index is 1.25. The fourth-order valence-corrected chi connectivity index (χ4v) is 4.84. The molecule has 1 amide bonds. The molecule has 1 aromatic carbocycles. The number of aromatic nitrogens is 2. The number of likely N-dealkylation sites (tertiary alicyclic amines) is 1. The van der Waals surface area contributed by atoms with Crippen molar-refractivity contribution in [2.45, 2.75) is 25.9 Å². The van der Waals surface area contributed by atoms with Crippen LogP contribution in [0.2, 0.25) is 0 Å². The summed E-state index contributed by atoms with van der Waals surface area (Å²) in [6, 6.07) is 12.3. The van der Waals surface area contributed by atoms with E-state index in [9.17, 15) is 4.79 Å². The van der Waals surface area contributed by atoms with Crippen molar-refractivity contribution in [2.24, 2.45) is 13.0 Å². The van der Waals surface area contributed by atoms with Crippen molar-refractivity contribution >= 4 is 23.3 Å². The summed E-state index contributed by atoms with van der Waals surface area (Å²) in [6.45, 7) is 3.90. The van der Waals surface area contributed by atoms with Crippen molar-refractivity contribution in [1.29, 1.82) is 0 Å². The molecule has 1 atom stereocenters. The molecule has 7 heteroatoms. The van der Waals surface area contributed by atoms with E-state index in [0.29, 0.717) is 12.5 Å². The molecular formula is C26H32N4O2S. The lowest BCUT2D eigenvalue weighted by molar-refractivity contribution is -0.127. The van der Waals surface area contributed by atoms with E-state index < -0.39 is 0 Å². The highest BCUT2D eigenvalue weighted by Crippen LogP contribution is 2.21. The second-order valence-electron chi connectivity index (χ2n) is 8.79. The van der Waals surface area contributed by atoms with Gasteiger partial charge >= 0.3 is 0 Å². The van der Waals surface area contributed by atoms with Crippen LogP contribution in [-0.4, -0.2) is 52.2 Å². The van der Waals surface area contributed by atoms with E-state index in [0.717, 1.165) is 49.6 Å². The molecule has 2 aromatic heterocycles. The van der Waals surface area contributed by atoms with Gasteiger partial charge in [0.2, 0.25) is 5.91 Å². The highest BCUT2D eigenvalue weighted by atomic mass is 32.1. The van der Waals surface area contributed by atoms with Crippen LogP contribution in [0.5, 0.6) is 5.75 Å². The quantitative estimate of drug-likeness (QED) is 0.439. The molecule has 4 rings (SSSR count). The summed E-state index contributed by atoms with van der Waals surface area (Å²) in [5, 5.41) is 6.26. The van der Waals surface area contributed by atoms with Crippen LogP contribution in [0.15, 0.2) is 60.2 Å². The first-order chi connectivity index (χ1) is 16.0. The van der Waals surface area contributed by atoms with Crippen molar-refractivity contribution in [2.75, 3.05) is 26.7 Å². The molecule has 3 aromatic rings. The van der Waals surface area contributed by atoms with E-state index in [2.05, 4.69) is 35.2 Å². The summed E-state index contributed by atoms with van der Waals surface area (Å²) in [7, 11) is 4.05. The van der Waals surface area contributed by atoms with Gasteiger partial charge < -0.3 is 9.64 Å². The number of benzene rings is 1. The van der Waals surface area contributed by atoms with Crippen molar-refractivity contribution in [3.63, 3.8) is 0 Å². The van der Waals surface area contributed by atoms with E-state index in [1.54, 1.807) is 17.4 Å². The maximum atomic E-state index is 12.6. The number of carbonyl (C=O) groups is 1. The largest absolute Gasteiger partial charge is 0.493 e. The van der Waals surface area contributed by atoms with Gasteiger partial charge in [-0.15, -0.1) is 11.3 Å². The van der Waals surface area contributed by atoms with Crippen molar-refractivity contribution < 1.29 is 9.53 Å². The highest BCUT2D eigenvalue weighted by Gasteiger charge is 2.23. The van der Waals surface area contributed by atoms with E-state index in [-0.39, 0.29) is 5.91 Å². The average Bonchev–Trinajstić information content (AvgIpc) is 3.48. The lowest BCUT2D eigenvalue weighted by Crippen LogP contribution is -2.40. The minimum absolute atomic E-state index is 0.0896. The molecule has 1 fully saturated rings. The summed E-state index contributed by atoms with van der Waals surface area (Å²) in [4.78, 5) is 17.9. The van der Waals surface area contributed by atoms with Crippen LogP contribution >= 0.6 is 11.3 Å². The van der Waals surface area contributed by atoms with Crippen LogP contribution in [0.3, 0.4) is 0 Å². The molecule has 6 nitrogen and oxygen atoms in total. The molecule has 33 heavy (non-hydrogen) atoms. The van der Waals surface area contributed by atoms with Crippen molar-refractivity contribution in [3.05, 3.63) is 76.3 Å². The minimum atomic E-state index is 0.0896. The molecule has 0 bridgehead atoms. The number of rotatable bonds is 9. The summed E-state index contributed by atoms with van der Waals surface area (Å²) in [5.41, 5.74) is 2.42. The lowest BCUT2D eigenvalue weighted by Gasteiger charge is -2.32. The lowest BCUT2D eigenvalue weighted by atomic mass is 9.99. The predicted molar refractivity (Wildman–Crippen MR) is 133 cm³/mol. The minimum Gasteiger partial charge on any atom is -0.493 e. The number of aryl methyl sites for hydroxylation is 1. The average molecular weight is 465 g/mol. The first-order valence-corrected chi connectivity index (χ1v) is 12.3. The third-order valence-electron chi connectivity index (χ3n) is 5.81. The Hall–Kier alpha value is -2.90. The smallest absolute Gasteiger partial charge is 0.246 e. The fraction of sp³-hybridized carbons (Fsp3) is 0.385. The molecule has 0 N–H and O–H groups in total. The van der Waals surface area contributed by atoms with E-state index >= 15 is 0 Å². The monoisotopic (exact) mass is 464 g/mol. The summed E-state index contributed by atoms with van der Waals surface area (Å²) < 4.78 is 7.98. The highest BCUT2D eigenvalue weighted by molar-refractivity contribution is 7.10. The zero-order valence-corrected chi connectivity index (χ0v) is 20.2. The Morgan fingerprint density at radius 1 is 1.27 bits per heavy atom. The Labute approximate surface area is 200 Å². The predicted octanol–water partition coefficient (Wildman–Crippen LogP) is 4.44. The molecule has 1 saturated heterocycles. The molecule has 0 radical (unpaired) electrons. The van der Waals surface area contributed by atoms with Gasteiger partial charge in [-0.2, -0.15) is 5.10 Å². The first-order valence-electron chi connectivity index (χ1n) is 11.4. The zero-order valence-electron chi connectivity index (χ0n) is 19.4. The van der Waals surface area contributed by atoms with Crippen LogP contribution < -0.4 is 4.74 Å². The van der Waals surface area contributed by atoms with Crippen LogP contribution in [-0.2, 0) is 24.9 Å². The van der Waals surface area contributed by atoms with Crippen molar-refractivity contribution in [1.82, 2.24) is 19.6 Å². The Kier molecular flexibility index (Phi) is 7.96. The Bertz CT molecular complexity index is 1060. The Morgan fingerprint density at radius 2 is 2.15 bits per heavy atom. The normalized spacial score (nSPS) is 16.6. The van der Waals surface area contributed by atoms with Gasteiger partial charge in [-0.3, -0.25) is 14.4 Å². The summed E-state index contributed by atoms with van der Waals surface area (Å²) >= 11 is 1.64. The van der Waals surface area contributed by atoms with Gasteiger partial charge in [-0.05, 0) is 55.1 Å². The molecular weight excluding hydrogens is 432 g/mol. The van der Waals surface area contributed by atoms with Gasteiger partial charge in [0.15, 0.2) is 0 Å². The molecule has 0 spiro atoms. The topological polar surface area (TPSA) is 50.6 Å². The number of hydrogen-bond acceptors (Lipinski definition) is 5. The molecule has 3 heterocycles. The van der Waals surface area contributed by atoms with Gasteiger partial charge in [0.1, 0.15) is 5.75 Å². The summed E-state index contributed by atoms with van der Waals surface area (Å²) in [6.07, 6.45) is 9.67. The summed E-state index contributed by atoms with van der Waals surface area (Å²) in [5.74, 6) is 1.34. The fourth-order valence-electron chi connectivity index (χ4n) is 4.23. The van der Waals surface area contributed by atoms with E-state index in [1.165, 1.54) is 11.1 Å². The SMILES string of the molecule is CN(Cc1cccc(OCC2CCCN(C(=O)/C=C/c3cccs3)C2)c1)Cc1cnn(C)c1. The second kappa shape index (κ2) is 11.3. The molecule has 1 aliphatic rings. The molecule has 1 unspecified atom stereocenters. The van der Waals surface area contributed by atoms with E-state index in [4.69, 9.17) is 4.74 Å². The molecule has 1 aliphatic heterocycles. The van der Waals surface area contributed by atoms with Crippen LogP contribution in [0.25, 0.3) is 6.08 Å². The van der Waals surface area contributed by atoms with Crippen LogP contribution in [0.1, 0.15) is 28.8 Å². The van der Waals surface area contributed by atoms with Crippen LogP contribution in [0, 0.1) is 5.92 Å². The molecule has 0 saturated carbocycles. The second-order valence-corrected chi connectivity index (χ2v) is 9.77. The standard InChI is InChI=1S/C26H32N4O2S/c1-28(17-23-15-27-29(2)18-23)16-21-6-3-8-24(14-21)32-20-22-7-4-12-30(19-22)26(31)11-10-25-9-5-13-33-25/h3,5-6,8-11,13-15,18,22H,4,7,12,16-17,19-20H2,1-2H3/b11-10+. The maximum Gasteiger partial charge on any atom is 0.246 e. The number of ether oxygens (including phenoxy) is 1.